The number of fused-ring (bicyclic) bond motifs is 1. The van der Waals surface area contributed by atoms with Crippen LogP contribution in [0.3, 0.4) is 0 Å². The molecule has 2 aromatic heterocycles. The van der Waals surface area contributed by atoms with Gasteiger partial charge in [-0.3, -0.25) is 10.1 Å². The second-order valence-corrected chi connectivity index (χ2v) is 7.23. The molecule has 0 aliphatic heterocycles. The maximum Gasteiger partial charge on any atom is 0.345 e. The fraction of sp³-hybridized carbons (Fsp3) is 0.0455. The number of allylic oxidation sites excluding steroid dienone is 1. The summed E-state index contributed by atoms with van der Waals surface area (Å²) in [5, 5.41) is 23.5. The van der Waals surface area contributed by atoms with Crippen LogP contribution in [0.2, 0.25) is 0 Å². The number of thiazole rings is 1. The SMILES string of the molecule is COc1ccc([N+](=O)[O-])cc1/C=C(\C#N)c1nc(-c2cc3ccccc3oc2=O)cs1. The van der Waals surface area contributed by atoms with Gasteiger partial charge in [-0.2, -0.15) is 5.26 Å². The van der Waals surface area contributed by atoms with Crippen LogP contribution in [0.25, 0.3) is 33.9 Å². The molecule has 0 radical (unpaired) electrons. The van der Waals surface area contributed by atoms with Crippen molar-refractivity contribution in [1.29, 1.82) is 5.26 Å². The van der Waals surface area contributed by atoms with Crippen LogP contribution < -0.4 is 10.4 Å². The first-order chi connectivity index (χ1) is 15.0. The number of aromatic nitrogens is 1. The van der Waals surface area contributed by atoms with E-state index in [1.54, 1.807) is 23.6 Å². The Labute approximate surface area is 179 Å². The van der Waals surface area contributed by atoms with Gasteiger partial charge < -0.3 is 9.15 Å². The molecule has 0 fully saturated rings. The van der Waals surface area contributed by atoms with Gasteiger partial charge in [0, 0.05) is 28.5 Å². The molecule has 0 saturated carbocycles. The third-order valence-corrected chi connectivity index (χ3v) is 5.37. The second-order valence-electron chi connectivity index (χ2n) is 6.38. The van der Waals surface area contributed by atoms with Gasteiger partial charge in [-0.1, -0.05) is 18.2 Å². The van der Waals surface area contributed by atoms with Crippen molar-refractivity contribution in [3.8, 4) is 23.1 Å². The van der Waals surface area contributed by atoms with Gasteiger partial charge in [0.05, 0.1) is 28.9 Å². The zero-order chi connectivity index (χ0) is 22.0. The highest BCUT2D eigenvalue weighted by Crippen LogP contribution is 2.31. The number of nitrogens with zero attached hydrogens (tertiary/aromatic N) is 3. The van der Waals surface area contributed by atoms with Gasteiger partial charge in [0.2, 0.25) is 0 Å². The zero-order valence-electron chi connectivity index (χ0n) is 16.1. The first-order valence-corrected chi connectivity index (χ1v) is 9.81. The van der Waals surface area contributed by atoms with Gasteiger partial charge >= 0.3 is 5.63 Å². The van der Waals surface area contributed by atoms with Crippen molar-refractivity contribution in [2.45, 2.75) is 0 Å². The summed E-state index contributed by atoms with van der Waals surface area (Å²) in [5.41, 5.74) is 1.03. The van der Waals surface area contributed by atoms with Crippen molar-refractivity contribution >= 4 is 39.6 Å². The molecule has 2 heterocycles. The predicted molar refractivity (Wildman–Crippen MR) is 117 cm³/mol. The number of ether oxygens (including phenoxy) is 1. The molecule has 152 valence electrons. The Morgan fingerprint density at radius 1 is 1.29 bits per heavy atom. The van der Waals surface area contributed by atoms with Gasteiger partial charge in [-0.05, 0) is 24.3 Å². The topological polar surface area (TPSA) is 119 Å². The predicted octanol–water partition coefficient (Wildman–Crippen LogP) is 4.90. The minimum absolute atomic E-state index is 0.127. The van der Waals surface area contributed by atoms with Crippen molar-refractivity contribution < 1.29 is 14.1 Å². The number of benzene rings is 2. The van der Waals surface area contributed by atoms with Gasteiger partial charge in [0.25, 0.3) is 5.69 Å². The Bertz CT molecular complexity index is 1450. The van der Waals surface area contributed by atoms with Crippen LogP contribution in [0, 0.1) is 21.4 Å². The van der Waals surface area contributed by atoms with Crippen LogP contribution in [0.4, 0.5) is 5.69 Å². The summed E-state index contributed by atoms with van der Waals surface area (Å²) in [6, 6.07) is 15.0. The molecule has 0 unspecified atom stereocenters. The van der Waals surface area contributed by atoms with E-state index in [4.69, 9.17) is 9.15 Å². The summed E-state index contributed by atoms with van der Waals surface area (Å²) in [6.45, 7) is 0. The quantitative estimate of drug-likeness (QED) is 0.191. The van der Waals surface area contributed by atoms with Crippen LogP contribution in [-0.2, 0) is 0 Å². The number of hydrogen-bond donors (Lipinski definition) is 0. The fourth-order valence-corrected chi connectivity index (χ4v) is 3.79. The fourth-order valence-electron chi connectivity index (χ4n) is 3.01. The molecule has 9 heteroatoms. The molecule has 0 saturated heterocycles. The van der Waals surface area contributed by atoms with E-state index in [0.717, 1.165) is 5.39 Å². The molecule has 0 spiro atoms. The number of nitro benzene ring substituents is 1. The Hall–Kier alpha value is -4.29. The lowest BCUT2D eigenvalue weighted by Gasteiger charge is -2.05. The number of hydrogen-bond acceptors (Lipinski definition) is 8. The van der Waals surface area contributed by atoms with E-state index in [1.807, 2.05) is 12.1 Å². The van der Waals surface area contributed by atoms with E-state index in [9.17, 15) is 20.2 Å². The van der Waals surface area contributed by atoms with Crippen LogP contribution in [-0.4, -0.2) is 17.0 Å². The first kappa shape index (κ1) is 20.0. The minimum Gasteiger partial charge on any atom is -0.496 e. The van der Waals surface area contributed by atoms with E-state index < -0.39 is 10.5 Å². The zero-order valence-corrected chi connectivity index (χ0v) is 16.9. The lowest BCUT2D eigenvalue weighted by molar-refractivity contribution is -0.384. The number of nitriles is 1. The maximum atomic E-state index is 12.4. The number of para-hydroxylation sites is 1. The smallest absolute Gasteiger partial charge is 0.345 e. The second kappa shape index (κ2) is 8.22. The largest absolute Gasteiger partial charge is 0.496 e. The Kier molecular flexibility index (Phi) is 5.30. The molecule has 0 aliphatic rings. The van der Waals surface area contributed by atoms with Crippen molar-refractivity contribution in [3.05, 3.63) is 85.0 Å². The number of non-ortho nitro benzene ring substituents is 1. The molecule has 0 bridgehead atoms. The van der Waals surface area contributed by atoms with Crippen molar-refractivity contribution in [2.24, 2.45) is 0 Å². The van der Waals surface area contributed by atoms with Gasteiger partial charge in [0.15, 0.2) is 0 Å². The van der Waals surface area contributed by atoms with Crippen LogP contribution >= 0.6 is 11.3 Å². The third kappa shape index (κ3) is 3.92. The summed E-state index contributed by atoms with van der Waals surface area (Å²) >= 11 is 1.18. The van der Waals surface area contributed by atoms with Gasteiger partial charge in [0.1, 0.15) is 22.4 Å². The summed E-state index contributed by atoms with van der Waals surface area (Å²) in [5.74, 6) is 0.380. The van der Waals surface area contributed by atoms with E-state index in [2.05, 4.69) is 11.1 Å². The number of methoxy groups -OCH3 is 1. The Balaban J connectivity index is 1.77. The molecule has 0 aliphatic carbocycles. The molecule has 0 amide bonds. The van der Waals surface area contributed by atoms with Gasteiger partial charge in [-0.15, -0.1) is 11.3 Å². The molecule has 8 nitrogen and oxygen atoms in total. The molecule has 0 atom stereocenters. The van der Waals surface area contributed by atoms with Crippen molar-refractivity contribution in [2.75, 3.05) is 7.11 Å². The van der Waals surface area contributed by atoms with Gasteiger partial charge in [-0.25, -0.2) is 9.78 Å². The third-order valence-electron chi connectivity index (χ3n) is 4.50. The van der Waals surface area contributed by atoms with Crippen LogP contribution in [0.1, 0.15) is 10.6 Å². The Morgan fingerprint density at radius 3 is 2.84 bits per heavy atom. The van der Waals surface area contributed by atoms with E-state index in [0.29, 0.717) is 27.6 Å². The van der Waals surface area contributed by atoms with Crippen molar-refractivity contribution in [3.63, 3.8) is 0 Å². The highest BCUT2D eigenvalue weighted by Gasteiger charge is 2.16. The average molecular weight is 431 g/mol. The van der Waals surface area contributed by atoms with Crippen LogP contribution in [0.5, 0.6) is 5.75 Å². The first-order valence-electron chi connectivity index (χ1n) is 8.93. The number of rotatable bonds is 5. The molecule has 2 aromatic carbocycles. The van der Waals surface area contributed by atoms with Crippen LogP contribution in [0.15, 0.2) is 63.1 Å². The Morgan fingerprint density at radius 2 is 2.10 bits per heavy atom. The molecular formula is C22H13N3O5S. The number of nitro groups is 1. The summed E-state index contributed by atoms with van der Waals surface area (Å²) in [7, 11) is 1.44. The van der Waals surface area contributed by atoms with E-state index >= 15 is 0 Å². The lowest BCUT2D eigenvalue weighted by Crippen LogP contribution is -2.02. The summed E-state index contributed by atoms with van der Waals surface area (Å²) in [4.78, 5) is 27.4. The lowest BCUT2D eigenvalue weighted by atomic mass is 10.1. The minimum atomic E-state index is -0.529. The maximum absolute atomic E-state index is 12.4. The van der Waals surface area contributed by atoms with Crippen molar-refractivity contribution in [1.82, 2.24) is 4.98 Å². The molecule has 4 rings (SSSR count). The highest BCUT2D eigenvalue weighted by atomic mass is 32.1. The van der Waals surface area contributed by atoms with E-state index in [1.165, 1.54) is 42.7 Å². The monoisotopic (exact) mass is 431 g/mol. The molecule has 31 heavy (non-hydrogen) atoms. The molecule has 0 N–H and O–H groups in total. The van der Waals surface area contributed by atoms with E-state index in [-0.39, 0.29) is 16.8 Å². The highest BCUT2D eigenvalue weighted by molar-refractivity contribution is 7.11. The standard InChI is InChI=1S/C22H13N3O5S/c1-29-19-7-6-16(25(27)28)9-14(19)8-15(11-23)21-24-18(12-31-21)17-10-13-4-2-3-5-20(13)30-22(17)26/h2-10,12H,1H3/b15-8+. The molecular weight excluding hydrogens is 418 g/mol. The summed E-state index contributed by atoms with van der Waals surface area (Å²) in [6.07, 6.45) is 1.47. The average Bonchev–Trinajstić information content (AvgIpc) is 3.26. The molecule has 4 aromatic rings. The normalized spacial score (nSPS) is 11.3. The summed E-state index contributed by atoms with van der Waals surface area (Å²) < 4.78 is 10.6.